The Labute approximate surface area is 135 Å². The third kappa shape index (κ3) is 7.35. The fourth-order valence-electron chi connectivity index (χ4n) is 2.26. The van der Waals surface area contributed by atoms with Gasteiger partial charge in [-0.3, -0.25) is 0 Å². The molecular formula is C16H34O6. The van der Waals surface area contributed by atoms with Crippen LogP contribution in [0.3, 0.4) is 0 Å². The van der Waals surface area contributed by atoms with Gasteiger partial charge >= 0.3 is 0 Å². The van der Waals surface area contributed by atoms with E-state index in [9.17, 15) is 0 Å². The summed E-state index contributed by atoms with van der Waals surface area (Å²) in [7, 11) is 0. The van der Waals surface area contributed by atoms with Gasteiger partial charge in [-0.15, -0.1) is 0 Å². The van der Waals surface area contributed by atoms with E-state index in [1.165, 1.54) is 0 Å². The number of ether oxygens (including phenoxy) is 6. The minimum Gasteiger partial charge on any atom is -0.353 e. The summed E-state index contributed by atoms with van der Waals surface area (Å²) in [6, 6.07) is 0. The third-order valence-electron chi connectivity index (χ3n) is 2.93. The maximum Gasteiger partial charge on any atom is 0.225 e. The second-order valence-corrected chi connectivity index (χ2v) is 4.46. The maximum atomic E-state index is 5.93. The van der Waals surface area contributed by atoms with Gasteiger partial charge in [-0.05, 0) is 41.5 Å². The van der Waals surface area contributed by atoms with Crippen molar-refractivity contribution >= 4 is 0 Å². The molecule has 0 saturated carbocycles. The van der Waals surface area contributed by atoms with Crippen LogP contribution in [0.15, 0.2) is 0 Å². The van der Waals surface area contributed by atoms with E-state index >= 15 is 0 Å². The average molecular weight is 322 g/mol. The van der Waals surface area contributed by atoms with Crippen LogP contribution >= 0.6 is 0 Å². The van der Waals surface area contributed by atoms with Crippen LogP contribution in [0.2, 0.25) is 0 Å². The summed E-state index contributed by atoms with van der Waals surface area (Å²) in [4.78, 5) is 0. The van der Waals surface area contributed by atoms with Crippen molar-refractivity contribution in [3.05, 3.63) is 0 Å². The molecule has 0 aromatic rings. The second kappa shape index (κ2) is 13.2. The van der Waals surface area contributed by atoms with E-state index in [2.05, 4.69) is 0 Å². The standard InChI is InChI=1S/C16H34O6/c1-7-17-14(18-8-2)13-16(21-11-5,22-12-6)15(19-9-3)20-10-4/h14-15H,7-13H2,1-6H3. The van der Waals surface area contributed by atoms with Crippen molar-refractivity contribution < 1.29 is 28.4 Å². The highest BCUT2D eigenvalue weighted by Crippen LogP contribution is 2.29. The lowest BCUT2D eigenvalue weighted by Crippen LogP contribution is -2.53. The molecule has 134 valence electrons. The van der Waals surface area contributed by atoms with Gasteiger partial charge < -0.3 is 28.4 Å². The van der Waals surface area contributed by atoms with Crippen LogP contribution in [0, 0.1) is 0 Å². The van der Waals surface area contributed by atoms with E-state index in [1.807, 2.05) is 41.5 Å². The highest BCUT2D eigenvalue weighted by atomic mass is 16.8. The molecule has 0 bridgehead atoms. The van der Waals surface area contributed by atoms with Crippen LogP contribution < -0.4 is 0 Å². The van der Waals surface area contributed by atoms with Crippen LogP contribution in [0.5, 0.6) is 0 Å². The largest absolute Gasteiger partial charge is 0.353 e. The van der Waals surface area contributed by atoms with E-state index < -0.39 is 18.4 Å². The maximum absolute atomic E-state index is 5.93. The smallest absolute Gasteiger partial charge is 0.225 e. The molecule has 0 saturated heterocycles. The summed E-state index contributed by atoms with van der Waals surface area (Å²) in [5.74, 6) is -1.05. The van der Waals surface area contributed by atoms with Gasteiger partial charge in [0.05, 0.1) is 6.42 Å². The molecule has 0 aliphatic heterocycles. The van der Waals surface area contributed by atoms with Gasteiger partial charge in [0.15, 0.2) is 6.29 Å². The zero-order valence-electron chi connectivity index (χ0n) is 15.1. The van der Waals surface area contributed by atoms with Gasteiger partial charge in [-0.1, -0.05) is 0 Å². The van der Waals surface area contributed by atoms with Crippen molar-refractivity contribution in [2.45, 2.75) is 66.3 Å². The zero-order valence-corrected chi connectivity index (χ0v) is 15.1. The Hall–Kier alpha value is -0.240. The first-order valence-corrected chi connectivity index (χ1v) is 8.38. The molecule has 6 nitrogen and oxygen atoms in total. The fourth-order valence-corrected chi connectivity index (χ4v) is 2.26. The van der Waals surface area contributed by atoms with Crippen molar-refractivity contribution in [1.29, 1.82) is 0 Å². The topological polar surface area (TPSA) is 55.4 Å². The SMILES string of the molecule is CCOC(CC(OCC)(OCC)C(OCC)OCC)OCC. The van der Waals surface area contributed by atoms with E-state index in [1.54, 1.807) is 0 Å². The number of hydrogen-bond acceptors (Lipinski definition) is 6. The zero-order chi connectivity index (χ0) is 16.8. The Morgan fingerprint density at radius 2 is 1.00 bits per heavy atom. The van der Waals surface area contributed by atoms with Gasteiger partial charge in [0.1, 0.15) is 0 Å². The molecule has 22 heavy (non-hydrogen) atoms. The molecule has 0 radical (unpaired) electrons. The quantitative estimate of drug-likeness (QED) is 0.432. The molecule has 0 unspecified atom stereocenters. The van der Waals surface area contributed by atoms with Crippen molar-refractivity contribution in [3.8, 4) is 0 Å². The Morgan fingerprint density at radius 3 is 1.32 bits per heavy atom. The van der Waals surface area contributed by atoms with Crippen LogP contribution in [0.25, 0.3) is 0 Å². The summed E-state index contributed by atoms with van der Waals surface area (Å²) in [6.45, 7) is 14.6. The molecule has 6 heteroatoms. The van der Waals surface area contributed by atoms with Crippen molar-refractivity contribution in [3.63, 3.8) is 0 Å². The summed E-state index contributed by atoms with van der Waals surface area (Å²) < 4.78 is 34.6. The molecule has 0 N–H and O–H groups in total. The predicted molar refractivity (Wildman–Crippen MR) is 84.7 cm³/mol. The third-order valence-corrected chi connectivity index (χ3v) is 2.93. The van der Waals surface area contributed by atoms with Crippen molar-refractivity contribution in [2.24, 2.45) is 0 Å². The minimum atomic E-state index is -1.05. The minimum absolute atomic E-state index is 0.376. The lowest BCUT2D eigenvalue weighted by Gasteiger charge is -2.40. The van der Waals surface area contributed by atoms with E-state index in [0.717, 1.165) is 0 Å². The number of hydrogen-bond donors (Lipinski definition) is 0. The molecule has 0 rings (SSSR count). The molecule has 0 atom stereocenters. The van der Waals surface area contributed by atoms with E-state index in [4.69, 9.17) is 28.4 Å². The molecule has 0 fully saturated rings. The van der Waals surface area contributed by atoms with Crippen LogP contribution in [0.4, 0.5) is 0 Å². The first-order valence-electron chi connectivity index (χ1n) is 8.38. The summed E-state index contributed by atoms with van der Waals surface area (Å²) in [6.07, 6.45) is -0.691. The Kier molecular flexibility index (Phi) is 13.1. The highest BCUT2D eigenvalue weighted by molar-refractivity contribution is 4.77. The lowest BCUT2D eigenvalue weighted by molar-refractivity contribution is -0.367. The Bertz CT molecular complexity index is 231. The van der Waals surface area contributed by atoms with Crippen LogP contribution in [-0.2, 0) is 28.4 Å². The summed E-state index contributed by atoms with van der Waals surface area (Å²) in [5.41, 5.74) is 0. The lowest BCUT2D eigenvalue weighted by atomic mass is 10.1. The molecule has 0 aromatic heterocycles. The van der Waals surface area contributed by atoms with Gasteiger partial charge in [0.25, 0.3) is 0 Å². The average Bonchev–Trinajstić information content (AvgIpc) is 2.48. The van der Waals surface area contributed by atoms with Crippen LogP contribution in [0.1, 0.15) is 48.0 Å². The Morgan fingerprint density at radius 1 is 0.591 bits per heavy atom. The second-order valence-electron chi connectivity index (χ2n) is 4.46. The molecule has 0 aromatic carbocycles. The summed E-state index contributed by atoms with van der Waals surface area (Å²) >= 11 is 0. The predicted octanol–water partition coefficient (Wildman–Crippen LogP) is 2.94. The molecule has 0 heterocycles. The van der Waals surface area contributed by atoms with Gasteiger partial charge in [-0.2, -0.15) is 0 Å². The molecule has 0 aliphatic rings. The monoisotopic (exact) mass is 322 g/mol. The van der Waals surface area contributed by atoms with Crippen LogP contribution in [-0.4, -0.2) is 58.0 Å². The fraction of sp³-hybridized carbons (Fsp3) is 1.00. The first-order chi connectivity index (χ1) is 10.6. The van der Waals surface area contributed by atoms with Gasteiger partial charge in [-0.25, -0.2) is 0 Å². The molecule has 0 aliphatic carbocycles. The Balaban J connectivity index is 5.30. The summed E-state index contributed by atoms with van der Waals surface area (Å²) in [5, 5.41) is 0. The molecule has 0 spiro atoms. The van der Waals surface area contributed by atoms with E-state index in [-0.39, 0.29) is 0 Å². The molecule has 0 amide bonds. The highest BCUT2D eigenvalue weighted by Gasteiger charge is 2.45. The normalized spacial score (nSPS) is 12.5. The first kappa shape index (κ1) is 21.8. The number of rotatable bonds is 15. The van der Waals surface area contributed by atoms with Crippen molar-refractivity contribution in [2.75, 3.05) is 39.6 Å². The van der Waals surface area contributed by atoms with Gasteiger partial charge in [0, 0.05) is 39.6 Å². The van der Waals surface area contributed by atoms with E-state index in [0.29, 0.717) is 46.1 Å². The van der Waals surface area contributed by atoms with Gasteiger partial charge in [0.2, 0.25) is 12.1 Å². The molecular weight excluding hydrogens is 288 g/mol. The van der Waals surface area contributed by atoms with Crippen molar-refractivity contribution in [1.82, 2.24) is 0 Å².